The molecule has 0 aliphatic heterocycles. The van der Waals surface area contributed by atoms with Crippen LogP contribution in [0.5, 0.6) is 0 Å². The van der Waals surface area contributed by atoms with Crippen LogP contribution in [0.4, 0.5) is 0 Å². The van der Waals surface area contributed by atoms with E-state index in [2.05, 4.69) is 19.2 Å². The summed E-state index contributed by atoms with van der Waals surface area (Å²) in [7, 11) is 1.34. The van der Waals surface area contributed by atoms with Gasteiger partial charge in [-0.1, -0.05) is 20.8 Å². The summed E-state index contributed by atoms with van der Waals surface area (Å²) >= 11 is 0. The van der Waals surface area contributed by atoms with Gasteiger partial charge in [0.05, 0.1) is 0 Å². The molecule has 1 heterocycles. The molecule has 5 nitrogen and oxygen atoms in total. The van der Waals surface area contributed by atoms with E-state index in [1.54, 1.807) is 0 Å². The first kappa shape index (κ1) is 16.0. The van der Waals surface area contributed by atoms with Crippen LogP contribution in [0.25, 0.3) is 0 Å². The molecule has 7 heteroatoms. The molecule has 108 valence electrons. The molecule has 1 aromatic rings. The minimum Gasteiger partial charge on any atom is -0.455 e. The van der Waals surface area contributed by atoms with Crippen molar-refractivity contribution >= 4 is 25.6 Å². The Morgan fingerprint density at radius 1 is 1.42 bits per heavy atom. The SMILES string of the molecule is Cc1oc(C(=O)NCC(C)C(C)C)cc1S(=O)(=O)Cl. The quantitative estimate of drug-likeness (QED) is 0.848. The first-order valence-corrected chi connectivity index (χ1v) is 8.27. The van der Waals surface area contributed by atoms with Gasteiger partial charge in [-0.15, -0.1) is 0 Å². The molecule has 19 heavy (non-hydrogen) atoms. The highest BCUT2D eigenvalue weighted by Gasteiger charge is 2.22. The summed E-state index contributed by atoms with van der Waals surface area (Å²) in [6.07, 6.45) is 0. The molecule has 0 aliphatic rings. The van der Waals surface area contributed by atoms with Crippen molar-refractivity contribution in [3.05, 3.63) is 17.6 Å². The zero-order chi connectivity index (χ0) is 14.8. The van der Waals surface area contributed by atoms with E-state index in [-0.39, 0.29) is 16.4 Å². The average molecular weight is 308 g/mol. The van der Waals surface area contributed by atoms with E-state index >= 15 is 0 Å². The second-order valence-corrected chi connectivity index (χ2v) is 7.43. The molecule has 1 amide bonds. The van der Waals surface area contributed by atoms with Crippen molar-refractivity contribution in [2.24, 2.45) is 11.8 Å². The van der Waals surface area contributed by atoms with Gasteiger partial charge in [0.2, 0.25) is 0 Å². The van der Waals surface area contributed by atoms with E-state index in [0.29, 0.717) is 18.4 Å². The van der Waals surface area contributed by atoms with Crippen molar-refractivity contribution in [1.82, 2.24) is 5.32 Å². The summed E-state index contributed by atoms with van der Waals surface area (Å²) < 4.78 is 27.6. The normalized spacial score (nSPS) is 13.6. The van der Waals surface area contributed by atoms with E-state index in [1.807, 2.05) is 6.92 Å². The van der Waals surface area contributed by atoms with E-state index in [1.165, 1.54) is 6.92 Å². The van der Waals surface area contributed by atoms with Crippen LogP contribution in [0.2, 0.25) is 0 Å². The number of hydrogen-bond acceptors (Lipinski definition) is 4. The van der Waals surface area contributed by atoms with Crippen molar-refractivity contribution in [2.45, 2.75) is 32.6 Å². The summed E-state index contributed by atoms with van der Waals surface area (Å²) in [4.78, 5) is 11.7. The van der Waals surface area contributed by atoms with Crippen LogP contribution in [0, 0.1) is 18.8 Å². The molecule has 0 radical (unpaired) electrons. The monoisotopic (exact) mass is 307 g/mol. The predicted molar refractivity (Wildman–Crippen MR) is 72.8 cm³/mol. The lowest BCUT2D eigenvalue weighted by Crippen LogP contribution is -2.29. The zero-order valence-electron chi connectivity index (χ0n) is 11.4. The number of rotatable bonds is 5. The van der Waals surface area contributed by atoms with Crippen molar-refractivity contribution in [3.8, 4) is 0 Å². The predicted octanol–water partition coefficient (Wildman–Crippen LogP) is 2.54. The molecular weight excluding hydrogens is 290 g/mol. The lowest BCUT2D eigenvalue weighted by molar-refractivity contribution is 0.0916. The molecule has 0 saturated carbocycles. The van der Waals surface area contributed by atoms with Crippen LogP contribution in [0.3, 0.4) is 0 Å². The lowest BCUT2D eigenvalue weighted by atomic mass is 9.98. The summed E-state index contributed by atoms with van der Waals surface area (Å²) in [6.45, 7) is 8.09. The highest BCUT2D eigenvalue weighted by atomic mass is 35.7. The van der Waals surface area contributed by atoms with Crippen molar-refractivity contribution in [2.75, 3.05) is 6.54 Å². The largest absolute Gasteiger partial charge is 0.455 e. The van der Waals surface area contributed by atoms with Gasteiger partial charge < -0.3 is 9.73 Å². The fraction of sp³-hybridized carbons (Fsp3) is 0.583. The van der Waals surface area contributed by atoms with Crippen molar-refractivity contribution in [3.63, 3.8) is 0 Å². The maximum Gasteiger partial charge on any atom is 0.287 e. The molecule has 0 bridgehead atoms. The van der Waals surface area contributed by atoms with E-state index in [4.69, 9.17) is 15.1 Å². The number of amides is 1. The van der Waals surface area contributed by atoms with E-state index in [0.717, 1.165) is 6.07 Å². The van der Waals surface area contributed by atoms with Crippen LogP contribution in [-0.2, 0) is 9.05 Å². The molecule has 0 saturated heterocycles. The van der Waals surface area contributed by atoms with Gasteiger partial charge in [0.15, 0.2) is 5.76 Å². The highest BCUT2D eigenvalue weighted by molar-refractivity contribution is 8.13. The first-order chi connectivity index (χ1) is 8.62. The third-order valence-electron chi connectivity index (χ3n) is 3.08. The Labute approximate surface area is 117 Å². The molecule has 0 spiro atoms. The number of furan rings is 1. The van der Waals surface area contributed by atoms with Gasteiger partial charge >= 0.3 is 0 Å². The number of nitrogens with one attached hydrogen (secondary N) is 1. The standard InChI is InChI=1S/C12H18ClNO4S/c1-7(2)8(3)6-14-12(15)10-5-11(9(4)18-10)19(13,16)17/h5,7-8H,6H2,1-4H3,(H,14,15). The van der Waals surface area contributed by atoms with Gasteiger partial charge in [0.25, 0.3) is 15.0 Å². The second kappa shape index (κ2) is 5.96. The maximum absolute atomic E-state index is 11.8. The Morgan fingerprint density at radius 3 is 2.42 bits per heavy atom. The minimum absolute atomic E-state index is 0.0484. The molecule has 1 N–H and O–H groups in total. The molecule has 0 fully saturated rings. The molecule has 0 aromatic carbocycles. The number of halogens is 1. The maximum atomic E-state index is 11.8. The number of aryl methyl sites for hydroxylation is 1. The van der Waals surface area contributed by atoms with E-state index < -0.39 is 15.0 Å². The fourth-order valence-electron chi connectivity index (χ4n) is 1.40. The van der Waals surface area contributed by atoms with Crippen molar-refractivity contribution in [1.29, 1.82) is 0 Å². The molecule has 0 aliphatic carbocycles. The summed E-state index contributed by atoms with van der Waals surface area (Å²) in [5.74, 6) is 0.376. The molecule has 1 atom stereocenters. The minimum atomic E-state index is -3.89. The smallest absolute Gasteiger partial charge is 0.287 e. The Hall–Kier alpha value is -1.01. The Balaban J connectivity index is 2.80. The topological polar surface area (TPSA) is 76.4 Å². The summed E-state index contributed by atoms with van der Waals surface area (Å²) in [6, 6.07) is 1.15. The molecule has 1 rings (SSSR count). The summed E-state index contributed by atoms with van der Waals surface area (Å²) in [5.41, 5.74) is 0. The van der Waals surface area contributed by atoms with Gasteiger partial charge in [-0.3, -0.25) is 4.79 Å². The van der Waals surface area contributed by atoms with Crippen molar-refractivity contribution < 1.29 is 17.6 Å². The third kappa shape index (κ3) is 4.24. The van der Waals surface area contributed by atoms with Crippen LogP contribution in [0.1, 0.15) is 37.1 Å². The Morgan fingerprint density at radius 2 is 2.00 bits per heavy atom. The molecule has 1 aromatic heterocycles. The van der Waals surface area contributed by atoms with Gasteiger partial charge in [-0.2, -0.15) is 0 Å². The third-order valence-corrected chi connectivity index (χ3v) is 4.51. The van der Waals surface area contributed by atoms with Crippen LogP contribution in [0.15, 0.2) is 15.4 Å². The molecular formula is C12H18ClNO4S. The zero-order valence-corrected chi connectivity index (χ0v) is 12.9. The van der Waals surface area contributed by atoms with Gasteiger partial charge in [0, 0.05) is 23.3 Å². The van der Waals surface area contributed by atoms with Gasteiger partial charge in [-0.05, 0) is 18.8 Å². The number of carbonyl (C=O) groups excluding carboxylic acids is 1. The van der Waals surface area contributed by atoms with Gasteiger partial charge in [-0.25, -0.2) is 8.42 Å². The Bertz CT molecular complexity index is 562. The lowest BCUT2D eigenvalue weighted by Gasteiger charge is -2.15. The van der Waals surface area contributed by atoms with Crippen LogP contribution < -0.4 is 5.32 Å². The van der Waals surface area contributed by atoms with Crippen LogP contribution >= 0.6 is 10.7 Å². The fourth-order valence-corrected chi connectivity index (χ4v) is 2.49. The molecule has 1 unspecified atom stereocenters. The Kier molecular flexibility index (Phi) is 5.04. The summed E-state index contributed by atoms with van der Waals surface area (Å²) in [5, 5.41) is 2.70. The average Bonchev–Trinajstić information content (AvgIpc) is 2.67. The van der Waals surface area contributed by atoms with Gasteiger partial charge in [0.1, 0.15) is 10.7 Å². The highest BCUT2D eigenvalue weighted by Crippen LogP contribution is 2.23. The number of hydrogen-bond donors (Lipinski definition) is 1. The van der Waals surface area contributed by atoms with E-state index in [9.17, 15) is 13.2 Å². The first-order valence-electron chi connectivity index (χ1n) is 5.96. The second-order valence-electron chi connectivity index (χ2n) is 4.90. The number of carbonyl (C=O) groups is 1. The van der Waals surface area contributed by atoms with Crippen LogP contribution in [-0.4, -0.2) is 20.9 Å².